The van der Waals surface area contributed by atoms with Gasteiger partial charge in [-0.05, 0) is 48.9 Å². The molecule has 0 bridgehead atoms. The monoisotopic (exact) mass is 440 g/mol. The smallest absolute Gasteiger partial charge is 0.343 e. The summed E-state index contributed by atoms with van der Waals surface area (Å²) < 4.78 is 5.48. The summed E-state index contributed by atoms with van der Waals surface area (Å²) in [7, 11) is 0. The normalized spacial score (nSPS) is 10.6. The van der Waals surface area contributed by atoms with Crippen molar-refractivity contribution >= 4 is 29.2 Å². The molecule has 0 radical (unpaired) electrons. The first-order chi connectivity index (χ1) is 16.0. The number of carbonyl (C=O) groups is 3. The molecule has 3 rings (SSSR count). The largest absolute Gasteiger partial charge is 0.422 e. The topological polar surface area (TPSA) is 121 Å². The molecule has 0 saturated heterocycles. The highest BCUT2D eigenvalue weighted by atomic mass is 16.5. The minimum Gasteiger partial charge on any atom is -0.422 e. The molecule has 3 aromatic carbocycles. The molecular formula is C25H20N4O4. The number of benzene rings is 3. The number of hydrogen-bond donors (Lipinski definition) is 2. The number of hydrogen-bond acceptors (Lipinski definition) is 6. The molecule has 0 aromatic heterocycles. The van der Waals surface area contributed by atoms with E-state index in [-0.39, 0.29) is 12.2 Å². The van der Waals surface area contributed by atoms with Crippen LogP contribution >= 0.6 is 0 Å². The zero-order valence-corrected chi connectivity index (χ0v) is 17.7. The van der Waals surface area contributed by atoms with Crippen molar-refractivity contribution in [2.45, 2.75) is 13.3 Å². The number of amides is 2. The number of hydrazone groups is 1. The molecule has 0 fully saturated rings. The van der Waals surface area contributed by atoms with E-state index in [9.17, 15) is 14.4 Å². The molecule has 164 valence electrons. The lowest BCUT2D eigenvalue weighted by molar-refractivity contribution is -0.136. The number of para-hydroxylation sites is 1. The summed E-state index contributed by atoms with van der Waals surface area (Å²) in [5, 5.41) is 15.1. The van der Waals surface area contributed by atoms with E-state index in [2.05, 4.69) is 15.8 Å². The van der Waals surface area contributed by atoms with Gasteiger partial charge in [0, 0.05) is 11.3 Å². The molecule has 0 unspecified atom stereocenters. The fourth-order valence-corrected chi connectivity index (χ4v) is 2.82. The number of nitrogens with zero attached hydrogens (tertiary/aromatic N) is 2. The third-order valence-corrected chi connectivity index (χ3v) is 4.52. The first kappa shape index (κ1) is 22.9. The number of nitrogens with one attached hydrogen (secondary N) is 2. The van der Waals surface area contributed by atoms with E-state index in [0.717, 1.165) is 5.56 Å². The Bertz CT molecular complexity index is 1230. The minimum atomic E-state index is -0.964. The number of rotatable bonds is 6. The number of esters is 1. The number of anilines is 1. The van der Waals surface area contributed by atoms with Crippen molar-refractivity contribution in [1.82, 2.24) is 5.43 Å². The van der Waals surface area contributed by atoms with Crippen LogP contribution in [0.25, 0.3) is 0 Å². The summed E-state index contributed by atoms with van der Waals surface area (Å²) in [5.41, 5.74) is 4.63. The van der Waals surface area contributed by atoms with Gasteiger partial charge >= 0.3 is 17.8 Å². The Morgan fingerprint density at radius 3 is 2.27 bits per heavy atom. The molecule has 3 aromatic rings. The van der Waals surface area contributed by atoms with Gasteiger partial charge in [0.05, 0.1) is 23.8 Å². The third kappa shape index (κ3) is 6.35. The van der Waals surface area contributed by atoms with Gasteiger partial charge in [-0.2, -0.15) is 10.4 Å². The first-order valence-electron chi connectivity index (χ1n) is 9.96. The van der Waals surface area contributed by atoms with Crippen LogP contribution in [0.1, 0.15) is 28.4 Å². The number of nitriles is 1. The predicted molar refractivity (Wildman–Crippen MR) is 123 cm³/mol. The quantitative estimate of drug-likeness (QED) is 0.200. The van der Waals surface area contributed by atoms with Crippen LogP contribution in [-0.4, -0.2) is 23.5 Å². The van der Waals surface area contributed by atoms with Crippen LogP contribution in [-0.2, 0) is 16.0 Å². The van der Waals surface area contributed by atoms with Crippen molar-refractivity contribution in [3.63, 3.8) is 0 Å². The van der Waals surface area contributed by atoms with E-state index in [0.29, 0.717) is 22.5 Å². The molecule has 33 heavy (non-hydrogen) atoms. The van der Waals surface area contributed by atoms with Crippen LogP contribution in [0.2, 0.25) is 0 Å². The predicted octanol–water partition coefficient (Wildman–Crippen LogP) is 3.45. The fourth-order valence-electron chi connectivity index (χ4n) is 2.82. The SMILES string of the molecule is C/C(=N\NC(=O)C(=O)Nc1ccc(CC#N)cc1)c1ccccc1OC(=O)c1ccccc1. The van der Waals surface area contributed by atoms with Crippen LogP contribution < -0.4 is 15.5 Å². The number of carbonyl (C=O) groups excluding carboxylic acids is 3. The lowest BCUT2D eigenvalue weighted by atomic mass is 10.1. The van der Waals surface area contributed by atoms with Crippen LogP contribution in [0.5, 0.6) is 5.75 Å². The molecular weight excluding hydrogens is 420 g/mol. The van der Waals surface area contributed by atoms with Gasteiger partial charge in [-0.3, -0.25) is 9.59 Å². The zero-order valence-electron chi connectivity index (χ0n) is 17.7. The third-order valence-electron chi connectivity index (χ3n) is 4.52. The summed E-state index contributed by atoms with van der Waals surface area (Å²) in [6, 6.07) is 23.9. The van der Waals surface area contributed by atoms with Crippen LogP contribution in [0.15, 0.2) is 84.0 Å². The van der Waals surface area contributed by atoms with Gasteiger partial charge in [0.25, 0.3) is 0 Å². The molecule has 0 aliphatic rings. The number of ether oxygens (including phenoxy) is 1. The van der Waals surface area contributed by atoms with Crippen molar-refractivity contribution in [1.29, 1.82) is 5.26 Å². The molecule has 2 N–H and O–H groups in total. The van der Waals surface area contributed by atoms with Gasteiger partial charge in [0.2, 0.25) is 0 Å². The summed E-state index contributed by atoms with van der Waals surface area (Å²) in [5.74, 6) is -2.12. The van der Waals surface area contributed by atoms with Gasteiger partial charge < -0.3 is 10.1 Å². The van der Waals surface area contributed by atoms with Gasteiger partial charge in [0.1, 0.15) is 5.75 Å². The maximum absolute atomic E-state index is 12.4. The lowest BCUT2D eigenvalue weighted by Gasteiger charge is -2.10. The maximum atomic E-state index is 12.4. The van der Waals surface area contributed by atoms with Gasteiger partial charge in [-0.1, -0.05) is 42.5 Å². The highest BCUT2D eigenvalue weighted by Crippen LogP contribution is 2.20. The Labute approximate surface area is 190 Å². The molecule has 8 nitrogen and oxygen atoms in total. The van der Waals surface area contributed by atoms with E-state index >= 15 is 0 Å². The standard InChI is InChI=1S/C25H20N4O4/c1-17(21-9-5-6-10-22(21)33-25(32)19-7-3-2-4-8-19)28-29-24(31)23(30)27-20-13-11-18(12-14-20)15-16-26/h2-14H,15H2,1H3,(H,27,30)(H,29,31)/b28-17+. The highest BCUT2D eigenvalue weighted by molar-refractivity contribution is 6.39. The summed E-state index contributed by atoms with van der Waals surface area (Å²) in [4.78, 5) is 36.6. The molecule has 0 atom stereocenters. The second-order valence-corrected chi connectivity index (χ2v) is 6.88. The van der Waals surface area contributed by atoms with E-state index in [1.165, 1.54) is 0 Å². The van der Waals surface area contributed by atoms with Gasteiger partial charge in [-0.25, -0.2) is 10.2 Å². The van der Waals surface area contributed by atoms with Crippen molar-refractivity contribution in [2.24, 2.45) is 5.10 Å². The van der Waals surface area contributed by atoms with Crippen LogP contribution in [0, 0.1) is 11.3 Å². The van der Waals surface area contributed by atoms with Crippen LogP contribution in [0.3, 0.4) is 0 Å². The summed E-state index contributed by atoms with van der Waals surface area (Å²) >= 11 is 0. The highest BCUT2D eigenvalue weighted by Gasteiger charge is 2.15. The van der Waals surface area contributed by atoms with Gasteiger partial charge in [-0.15, -0.1) is 0 Å². The molecule has 0 aliphatic heterocycles. The van der Waals surface area contributed by atoms with Crippen molar-refractivity contribution < 1.29 is 19.1 Å². The Morgan fingerprint density at radius 2 is 1.58 bits per heavy atom. The minimum absolute atomic E-state index is 0.255. The van der Waals surface area contributed by atoms with E-state index in [1.807, 2.05) is 6.07 Å². The Morgan fingerprint density at radius 1 is 0.909 bits per heavy atom. The lowest BCUT2D eigenvalue weighted by Crippen LogP contribution is -2.33. The second kappa shape index (κ2) is 11.0. The first-order valence-corrected chi connectivity index (χ1v) is 9.96. The van der Waals surface area contributed by atoms with E-state index < -0.39 is 17.8 Å². The molecule has 2 amide bonds. The zero-order chi connectivity index (χ0) is 23.6. The average molecular weight is 440 g/mol. The second-order valence-electron chi connectivity index (χ2n) is 6.88. The Hall–Kier alpha value is -4.77. The molecule has 8 heteroatoms. The molecule has 0 heterocycles. The average Bonchev–Trinajstić information content (AvgIpc) is 2.84. The van der Waals surface area contributed by atoms with Crippen molar-refractivity contribution in [2.75, 3.05) is 5.32 Å². The Kier molecular flexibility index (Phi) is 7.65. The summed E-state index contributed by atoms with van der Waals surface area (Å²) in [6.45, 7) is 1.61. The van der Waals surface area contributed by atoms with Crippen molar-refractivity contribution in [3.8, 4) is 11.8 Å². The van der Waals surface area contributed by atoms with Gasteiger partial charge in [0.15, 0.2) is 0 Å². The van der Waals surface area contributed by atoms with Crippen LogP contribution in [0.4, 0.5) is 5.69 Å². The molecule has 0 saturated carbocycles. The summed E-state index contributed by atoms with van der Waals surface area (Å²) in [6.07, 6.45) is 0.255. The molecule has 0 spiro atoms. The van der Waals surface area contributed by atoms with E-state index in [1.54, 1.807) is 85.8 Å². The van der Waals surface area contributed by atoms with E-state index in [4.69, 9.17) is 10.00 Å². The Balaban J connectivity index is 1.64. The fraction of sp³-hybridized carbons (Fsp3) is 0.0800. The maximum Gasteiger partial charge on any atom is 0.343 e. The van der Waals surface area contributed by atoms with Crippen molar-refractivity contribution in [3.05, 3.63) is 95.6 Å². The molecule has 0 aliphatic carbocycles.